The van der Waals surface area contributed by atoms with Crippen molar-refractivity contribution in [3.8, 4) is 11.4 Å². The minimum atomic E-state index is -0.434. The lowest BCUT2D eigenvalue weighted by molar-refractivity contribution is 0.0430. The first-order chi connectivity index (χ1) is 11.1. The highest BCUT2D eigenvalue weighted by Gasteiger charge is 2.12. The smallest absolute Gasteiger partial charge is 0.338 e. The summed E-state index contributed by atoms with van der Waals surface area (Å²) in [5.74, 6) is 0.217. The molecule has 0 spiro atoms. The molecule has 0 amide bonds. The number of hydrogen-bond acceptors (Lipinski definition) is 5. The van der Waals surface area contributed by atoms with Gasteiger partial charge in [0.1, 0.15) is 0 Å². The van der Waals surface area contributed by atoms with Gasteiger partial charge in [0.2, 0.25) is 5.82 Å². The molecule has 0 aliphatic carbocycles. The van der Waals surface area contributed by atoms with E-state index in [2.05, 4.69) is 10.1 Å². The van der Waals surface area contributed by atoms with E-state index in [1.165, 1.54) is 0 Å². The number of hydrogen-bond donors (Lipinski definition) is 0. The second kappa shape index (κ2) is 6.62. The van der Waals surface area contributed by atoms with Crippen LogP contribution in [0.1, 0.15) is 21.8 Å². The highest BCUT2D eigenvalue weighted by molar-refractivity contribution is 6.30. The Bertz CT molecular complexity index is 811. The molecule has 0 fully saturated rings. The third kappa shape index (κ3) is 3.76. The summed E-state index contributed by atoms with van der Waals surface area (Å²) in [5.41, 5.74) is 2.33. The van der Waals surface area contributed by atoms with E-state index in [-0.39, 0.29) is 12.5 Å². The van der Waals surface area contributed by atoms with Gasteiger partial charge in [-0.25, -0.2) is 4.79 Å². The van der Waals surface area contributed by atoms with Crippen molar-refractivity contribution in [1.29, 1.82) is 0 Å². The fraction of sp³-hybridized carbons (Fsp3) is 0.118. The number of aromatic nitrogens is 2. The fourth-order valence-corrected chi connectivity index (χ4v) is 2.06. The average Bonchev–Trinajstić information content (AvgIpc) is 3.03. The molecule has 0 radical (unpaired) electrons. The minimum Gasteiger partial charge on any atom is -0.452 e. The van der Waals surface area contributed by atoms with Gasteiger partial charge in [-0.3, -0.25) is 0 Å². The Morgan fingerprint density at radius 2 is 1.83 bits per heavy atom. The van der Waals surface area contributed by atoms with Crippen molar-refractivity contribution in [2.24, 2.45) is 0 Å². The second-order valence-electron chi connectivity index (χ2n) is 4.96. The van der Waals surface area contributed by atoms with Gasteiger partial charge in [-0.1, -0.05) is 34.5 Å². The molecule has 0 atom stereocenters. The van der Waals surface area contributed by atoms with Gasteiger partial charge >= 0.3 is 5.97 Å². The Morgan fingerprint density at radius 1 is 1.13 bits per heavy atom. The highest BCUT2D eigenvalue weighted by Crippen LogP contribution is 2.19. The lowest BCUT2D eigenvalue weighted by atomic mass is 10.1. The molecule has 2 aromatic carbocycles. The molecule has 6 heteroatoms. The van der Waals surface area contributed by atoms with Crippen LogP contribution in [0.15, 0.2) is 53.1 Å². The van der Waals surface area contributed by atoms with E-state index in [9.17, 15) is 4.79 Å². The molecule has 0 N–H and O–H groups in total. The first-order valence-corrected chi connectivity index (χ1v) is 7.32. The fourth-order valence-electron chi connectivity index (χ4n) is 1.93. The Hall–Kier alpha value is -2.66. The second-order valence-corrected chi connectivity index (χ2v) is 5.40. The minimum absolute atomic E-state index is 0.0761. The summed E-state index contributed by atoms with van der Waals surface area (Å²) in [4.78, 5) is 16.1. The summed E-state index contributed by atoms with van der Waals surface area (Å²) >= 11 is 5.84. The molecular weight excluding hydrogens is 316 g/mol. The molecule has 116 valence electrons. The highest BCUT2D eigenvalue weighted by atomic mass is 35.5. The number of halogens is 1. The third-order valence-corrected chi connectivity index (χ3v) is 3.44. The molecule has 5 nitrogen and oxygen atoms in total. The molecule has 0 aliphatic rings. The monoisotopic (exact) mass is 328 g/mol. The number of esters is 1. The quantitative estimate of drug-likeness (QED) is 0.676. The van der Waals surface area contributed by atoms with Crippen molar-refractivity contribution in [1.82, 2.24) is 10.1 Å². The summed E-state index contributed by atoms with van der Waals surface area (Å²) in [6.45, 7) is 1.87. The van der Waals surface area contributed by atoms with Crippen molar-refractivity contribution >= 4 is 17.6 Å². The number of benzene rings is 2. The van der Waals surface area contributed by atoms with Gasteiger partial charge in [0.25, 0.3) is 5.89 Å². The molecule has 0 saturated carbocycles. The molecule has 1 aromatic heterocycles. The van der Waals surface area contributed by atoms with E-state index in [1.54, 1.807) is 36.4 Å². The van der Waals surface area contributed by atoms with Crippen LogP contribution in [0.3, 0.4) is 0 Å². The summed E-state index contributed by atoms with van der Waals surface area (Å²) in [5, 5.41) is 4.49. The van der Waals surface area contributed by atoms with Gasteiger partial charge in [-0.15, -0.1) is 0 Å². The Labute approximate surface area is 137 Å². The Kier molecular flexibility index (Phi) is 4.39. The van der Waals surface area contributed by atoms with Gasteiger partial charge in [0.05, 0.1) is 5.56 Å². The summed E-state index contributed by atoms with van der Waals surface area (Å²) in [6, 6.07) is 14.2. The molecule has 0 bridgehead atoms. The Morgan fingerprint density at radius 3 is 2.52 bits per heavy atom. The van der Waals surface area contributed by atoms with Crippen LogP contribution in [-0.4, -0.2) is 16.1 Å². The van der Waals surface area contributed by atoms with E-state index in [4.69, 9.17) is 20.9 Å². The predicted octanol–water partition coefficient (Wildman–Crippen LogP) is 4.06. The molecule has 0 aliphatic heterocycles. The van der Waals surface area contributed by atoms with Crippen LogP contribution < -0.4 is 0 Å². The number of rotatable bonds is 4. The van der Waals surface area contributed by atoms with Crippen LogP contribution in [0.2, 0.25) is 5.02 Å². The summed E-state index contributed by atoms with van der Waals surface area (Å²) < 4.78 is 10.2. The zero-order chi connectivity index (χ0) is 16.2. The van der Waals surface area contributed by atoms with Crippen LogP contribution in [0, 0.1) is 6.92 Å². The maximum atomic E-state index is 11.9. The standard InChI is InChI=1S/C17H13ClN2O3/c1-11-2-4-13(5-3-11)17(21)22-10-15-19-16(20-23-15)12-6-8-14(18)9-7-12/h2-9H,10H2,1H3. The zero-order valence-corrected chi connectivity index (χ0v) is 13.1. The maximum absolute atomic E-state index is 11.9. The third-order valence-electron chi connectivity index (χ3n) is 3.18. The van der Waals surface area contributed by atoms with E-state index in [0.29, 0.717) is 16.4 Å². The normalized spacial score (nSPS) is 10.5. The van der Waals surface area contributed by atoms with Gasteiger partial charge < -0.3 is 9.26 Å². The van der Waals surface area contributed by atoms with Gasteiger partial charge in [0, 0.05) is 10.6 Å². The van der Waals surface area contributed by atoms with Crippen LogP contribution in [0.4, 0.5) is 0 Å². The van der Waals surface area contributed by atoms with Gasteiger partial charge in [-0.2, -0.15) is 4.98 Å². The largest absolute Gasteiger partial charge is 0.452 e. The van der Waals surface area contributed by atoms with Crippen molar-refractivity contribution in [2.75, 3.05) is 0 Å². The number of aryl methyl sites for hydroxylation is 1. The molecular formula is C17H13ClN2O3. The summed E-state index contributed by atoms with van der Waals surface area (Å²) in [6.07, 6.45) is 0. The lowest BCUT2D eigenvalue weighted by Crippen LogP contribution is -2.05. The molecule has 3 aromatic rings. The topological polar surface area (TPSA) is 65.2 Å². The average molecular weight is 329 g/mol. The van der Waals surface area contributed by atoms with Gasteiger partial charge in [-0.05, 0) is 43.3 Å². The van der Waals surface area contributed by atoms with Crippen molar-refractivity contribution in [3.05, 3.63) is 70.6 Å². The maximum Gasteiger partial charge on any atom is 0.338 e. The van der Waals surface area contributed by atoms with Crippen LogP contribution in [-0.2, 0) is 11.3 Å². The molecule has 0 saturated heterocycles. The number of carbonyl (C=O) groups is 1. The first kappa shape index (κ1) is 15.2. The lowest BCUT2D eigenvalue weighted by Gasteiger charge is -2.01. The van der Waals surface area contributed by atoms with E-state index < -0.39 is 5.97 Å². The van der Waals surface area contributed by atoms with Gasteiger partial charge in [0.15, 0.2) is 6.61 Å². The van der Waals surface area contributed by atoms with Crippen molar-refractivity contribution in [3.63, 3.8) is 0 Å². The van der Waals surface area contributed by atoms with E-state index >= 15 is 0 Å². The van der Waals surface area contributed by atoms with Crippen molar-refractivity contribution in [2.45, 2.75) is 13.5 Å². The molecule has 23 heavy (non-hydrogen) atoms. The van der Waals surface area contributed by atoms with E-state index in [1.807, 2.05) is 19.1 Å². The van der Waals surface area contributed by atoms with Crippen LogP contribution in [0.25, 0.3) is 11.4 Å². The number of ether oxygens (including phenoxy) is 1. The molecule has 1 heterocycles. The first-order valence-electron chi connectivity index (χ1n) is 6.94. The van der Waals surface area contributed by atoms with E-state index in [0.717, 1.165) is 11.1 Å². The van der Waals surface area contributed by atoms with Crippen LogP contribution >= 0.6 is 11.6 Å². The predicted molar refractivity (Wildman–Crippen MR) is 85.0 cm³/mol. The number of nitrogens with zero attached hydrogens (tertiary/aromatic N) is 2. The van der Waals surface area contributed by atoms with Crippen molar-refractivity contribution < 1.29 is 14.1 Å². The Balaban J connectivity index is 1.64. The molecule has 3 rings (SSSR count). The zero-order valence-electron chi connectivity index (χ0n) is 12.3. The van der Waals surface area contributed by atoms with Crippen LogP contribution in [0.5, 0.6) is 0 Å². The number of carbonyl (C=O) groups excluding carboxylic acids is 1. The SMILES string of the molecule is Cc1ccc(C(=O)OCc2nc(-c3ccc(Cl)cc3)no2)cc1. The molecule has 0 unspecified atom stereocenters. The summed E-state index contributed by atoms with van der Waals surface area (Å²) in [7, 11) is 0.